The number of carbonyl (C=O) groups excluding carboxylic acids is 3. The predicted octanol–water partition coefficient (Wildman–Crippen LogP) is 8.28. The van der Waals surface area contributed by atoms with Crippen LogP contribution >= 0.6 is 11.6 Å². The van der Waals surface area contributed by atoms with Gasteiger partial charge in [-0.05, 0) is 74.8 Å². The SMILES string of the molecule is CN(CCN(C)C(=O)OC(C)(C)C)C(=O)Cn1c(-c2ccccc2)c(C2CCCCC2)c2ccc(C(=O)N(Cc3ccccc3)S(=O)(=O)CCCCl)cc21. The smallest absolute Gasteiger partial charge is 0.410 e. The van der Waals surface area contributed by atoms with E-state index in [0.717, 1.165) is 52.2 Å². The lowest BCUT2D eigenvalue weighted by Gasteiger charge is -2.26. The minimum atomic E-state index is -4.02. The van der Waals surface area contributed by atoms with Crippen molar-refractivity contribution in [3.8, 4) is 11.3 Å². The first-order chi connectivity index (χ1) is 25.7. The first kappa shape index (κ1) is 40.8. The molecule has 3 aromatic carbocycles. The highest BCUT2D eigenvalue weighted by Crippen LogP contribution is 2.44. The summed E-state index contributed by atoms with van der Waals surface area (Å²) in [5, 5.41) is 0.942. The molecule has 0 bridgehead atoms. The number of aromatic nitrogens is 1. The number of carbonyl (C=O) groups is 3. The van der Waals surface area contributed by atoms with Crippen LogP contribution in [0.1, 0.15) is 86.7 Å². The standard InChI is InChI=1S/C42H53ClN4O6S/c1-42(2,3)53-41(50)45(5)26-25-44(4)37(48)30-46-36-28-34(40(49)47(54(51,52)27-15-24-43)29-31-16-9-6-10-17-31)22-23-35(36)38(32-18-11-7-12-19-32)39(46)33-20-13-8-14-21-33/h6,8-10,13-14,16-17,20-23,28,32H,7,11-12,15,18-19,24-27,29-30H2,1-5H3. The lowest BCUT2D eigenvalue weighted by Crippen LogP contribution is -2.40. The van der Waals surface area contributed by atoms with Gasteiger partial charge in [-0.15, -0.1) is 11.6 Å². The van der Waals surface area contributed by atoms with Gasteiger partial charge in [0.25, 0.3) is 5.91 Å². The summed E-state index contributed by atoms with van der Waals surface area (Å²) < 4.78 is 35.8. The van der Waals surface area contributed by atoms with Crippen molar-refractivity contribution >= 4 is 50.4 Å². The van der Waals surface area contributed by atoms with Gasteiger partial charge in [-0.1, -0.05) is 86.0 Å². The highest BCUT2D eigenvalue weighted by molar-refractivity contribution is 7.89. The first-order valence-electron chi connectivity index (χ1n) is 18.7. The second-order valence-corrected chi connectivity index (χ2v) is 17.5. The molecule has 0 unspecified atom stereocenters. The summed E-state index contributed by atoms with van der Waals surface area (Å²) in [5.74, 6) is -0.681. The van der Waals surface area contributed by atoms with Crippen molar-refractivity contribution in [1.29, 1.82) is 0 Å². The molecule has 1 saturated carbocycles. The van der Waals surface area contributed by atoms with E-state index in [0.29, 0.717) is 11.1 Å². The third-order valence-corrected chi connectivity index (χ3v) is 11.9. The van der Waals surface area contributed by atoms with Gasteiger partial charge in [-0.3, -0.25) is 9.59 Å². The van der Waals surface area contributed by atoms with E-state index in [4.69, 9.17) is 16.3 Å². The van der Waals surface area contributed by atoms with Gasteiger partial charge in [-0.2, -0.15) is 0 Å². The van der Waals surface area contributed by atoms with Crippen LogP contribution in [0.2, 0.25) is 0 Å². The molecule has 5 rings (SSSR count). The van der Waals surface area contributed by atoms with E-state index in [-0.39, 0.29) is 61.6 Å². The number of sulfonamides is 1. The number of hydrogen-bond donors (Lipinski definition) is 0. The number of halogens is 1. The molecule has 0 saturated heterocycles. The maximum Gasteiger partial charge on any atom is 0.410 e. The molecule has 1 aromatic heterocycles. The van der Waals surface area contributed by atoms with Gasteiger partial charge in [0.05, 0.1) is 23.5 Å². The van der Waals surface area contributed by atoms with E-state index in [1.165, 1.54) is 11.3 Å². The zero-order valence-corrected chi connectivity index (χ0v) is 33.7. The number of alkyl halides is 1. The van der Waals surface area contributed by atoms with Crippen LogP contribution in [0.15, 0.2) is 78.9 Å². The maximum atomic E-state index is 14.4. The molecule has 1 aliphatic rings. The number of fused-ring (bicyclic) bond motifs is 1. The van der Waals surface area contributed by atoms with Crippen LogP contribution in [0, 0.1) is 0 Å². The van der Waals surface area contributed by atoms with Crippen LogP contribution < -0.4 is 0 Å². The fraction of sp³-hybridized carbons (Fsp3) is 0.452. The van der Waals surface area contributed by atoms with Crippen molar-refractivity contribution < 1.29 is 27.5 Å². The van der Waals surface area contributed by atoms with Gasteiger partial charge >= 0.3 is 6.09 Å². The van der Waals surface area contributed by atoms with Crippen LogP contribution in [-0.2, 0) is 32.6 Å². The summed E-state index contributed by atoms with van der Waals surface area (Å²) in [6.45, 7) is 5.83. The zero-order chi connectivity index (χ0) is 39.0. The van der Waals surface area contributed by atoms with E-state index in [1.54, 1.807) is 43.3 Å². The van der Waals surface area contributed by atoms with Crippen LogP contribution in [-0.4, -0.2) is 89.4 Å². The van der Waals surface area contributed by atoms with E-state index in [1.807, 2.05) is 79.9 Å². The van der Waals surface area contributed by atoms with Gasteiger partial charge in [0, 0.05) is 44.0 Å². The molecule has 0 spiro atoms. The molecule has 1 aliphatic carbocycles. The number of likely N-dealkylation sites (N-methyl/N-ethyl adjacent to an activating group) is 2. The largest absolute Gasteiger partial charge is 0.444 e. The topological polar surface area (TPSA) is 109 Å². The Morgan fingerprint density at radius 1 is 0.870 bits per heavy atom. The molecular weight excluding hydrogens is 724 g/mol. The average molecular weight is 777 g/mol. The number of ether oxygens (including phenoxy) is 1. The number of benzene rings is 3. The second kappa shape index (κ2) is 17.9. The summed E-state index contributed by atoms with van der Waals surface area (Å²) in [6.07, 6.45) is 5.13. The molecule has 12 heteroatoms. The Labute approximate surface area is 325 Å². The van der Waals surface area contributed by atoms with Gasteiger partial charge in [0.1, 0.15) is 12.1 Å². The Morgan fingerprint density at radius 3 is 2.13 bits per heavy atom. The Morgan fingerprint density at radius 2 is 1.50 bits per heavy atom. The normalized spacial score (nSPS) is 13.8. The lowest BCUT2D eigenvalue weighted by molar-refractivity contribution is -0.130. The molecule has 1 fully saturated rings. The van der Waals surface area contributed by atoms with E-state index in [2.05, 4.69) is 0 Å². The third kappa shape index (κ3) is 10.0. The minimum absolute atomic E-state index is 0.0283. The van der Waals surface area contributed by atoms with E-state index < -0.39 is 27.6 Å². The molecule has 54 heavy (non-hydrogen) atoms. The highest BCUT2D eigenvalue weighted by Gasteiger charge is 2.32. The van der Waals surface area contributed by atoms with Crippen molar-refractivity contribution in [2.75, 3.05) is 38.8 Å². The first-order valence-corrected chi connectivity index (χ1v) is 20.9. The summed E-state index contributed by atoms with van der Waals surface area (Å²) in [5.41, 5.74) is 3.96. The van der Waals surface area contributed by atoms with Gasteiger partial charge in [0.2, 0.25) is 15.9 Å². The molecule has 0 radical (unpaired) electrons. The van der Waals surface area contributed by atoms with Crippen molar-refractivity contribution in [3.63, 3.8) is 0 Å². The monoisotopic (exact) mass is 776 g/mol. The summed E-state index contributed by atoms with van der Waals surface area (Å²) in [7, 11) is -0.666. The number of nitrogens with zero attached hydrogens (tertiary/aromatic N) is 4. The zero-order valence-electron chi connectivity index (χ0n) is 32.1. The summed E-state index contributed by atoms with van der Waals surface area (Å²) in [6, 6.07) is 24.4. The van der Waals surface area contributed by atoms with Crippen LogP contribution in [0.5, 0.6) is 0 Å². The van der Waals surface area contributed by atoms with Gasteiger partial charge in [0.15, 0.2) is 0 Å². The maximum absolute atomic E-state index is 14.4. The predicted molar refractivity (Wildman–Crippen MR) is 215 cm³/mol. The van der Waals surface area contributed by atoms with Crippen LogP contribution in [0.4, 0.5) is 4.79 Å². The molecule has 0 atom stereocenters. The van der Waals surface area contributed by atoms with Crippen LogP contribution in [0.3, 0.4) is 0 Å². The van der Waals surface area contributed by atoms with Crippen molar-refractivity contribution in [2.45, 2.75) is 83.9 Å². The lowest BCUT2D eigenvalue weighted by atomic mass is 9.82. The molecule has 4 aromatic rings. The van der Waals surface area contributed by atoms with E-state index in [9.17, 15) is 22.8 Å². The Balaban J connectivity index is 1.59. The number of amides is 3. The average Bonchev–Trinajstić information content (AvgIpc) is 3.48. The summed E-state index contributed by atoms with van der Waals surface area (Å²) in [4.78, 5) is 44.1. The molecule has 0 N–H and O–H groups in total. The Bertz CT molecular complexity index is 2020. The third-order valence-electron chi connectivity index (χ3n) is 9.87. The van der Waals surface area contributed by atoms with Crippen molar-refractivity contribution in [1.82, 2.24) is 18.7 Å². The Hall–Kier alpha value is -4.35. The van der Waals surface area contributed by atoms with E-state index >= 15 is 0 Å². The minimum Gasteiger partial charge on any atom is -0.444 e. The molecule has 10 nitrogen and oxygen atoms in total. The molecule has 0 aliphatic heterocycles. The molecule has 3 amide bonds. The molecular formula is C42H53ClN4O6S. The fourth-order valence-electron chi connectivity index (χ4n) is 7.03. The van der Waals surface area contributed by atoms with Crippen molar-refractivity contribution in [2.24, 2.45) is 0 Å². The number of rotatable bonds is 14. The molecule has 290 valence electrons. The van der Waals surface area contributed by atoms with Crippen molar-refractivity contribution in [3.05, 3.63) is 95.6 Å². The molecule has 1 heterocycles. The fourth-order valence-corrected chi connectivity index (χ4v) is 8.76. The van der Waals surface area contributed by atoms with Gasteiger partial charge < -0.3 is 19.1 Å². The Kier molecular flexibility index (Phi) is 13.5. The highest BCUT2D eigenvalue weighted by atomic mass is 35.5. The van der Waals surface area contributed by atoms with Gasteiger partial charge in [-0.25, -0.2) is 17.5 Å². The van der Waals surface area contributed by atoms with Crippen LogP contribution in [0.25, 0.3) is 22.2 Å². The quantitative estimate of drug-likeness (QED) is 0.119. The second-order valence-electron chi connectivity index (χ2n) is 15.2. The summed E-state index contributed by atoms with van der Waals surface area (Å²) >= 11 is 5.89. The number of hydrogen-bond acceptors (Lipinski definition) is 6.